The van der Waals surface area contributed by atoms with E-state index in [4.69, 9.17) is 13.7 Å². The van der Waals surface area contributed by atoms with Gasteiger partial charge in [0.1, 0.15) is 11.4 Å². The molecular weight excluding hydrogens is 324 g/mol. The lowest BCUT2D eigenvalue weighted by Crippen LogP contribution is -2.44. The van der Waals surface area contributed by atoms with Crippen LogP contribution in [0, 0.1) is 0 Å². The van der Waals surface area contributed by atoms with E-state index in [1.165, 1.54) is 12.3 Å². The van der Waals surface area contributed by atoms with Crippen LogP contribution < -0.4 is 10.1 Å². The number of furan rings is 1. The monoisotopic (exact) mass is 340 g/mol. The molecule has 128 valence electrons. The average Bonchev–Trinajstić information content (AvgIpc) is 3.31. The van der Waals surface area contributed by atoms with Gasteiger partial charge in [-0.3, -0.25) is 4.79 Å². The fraction of sp³-hybridized carbons (Fsp3) is 0.222. The number of para-hydroxylation sites is 1. The van der Waals surface area contributed by atoms with Gasteiger partial charge in [0, 0.05) is 18.1 Å². The zero-order chi connectivity index (χ0) is 17.3. The van der Waals surface area contributed by atoms with E-state index in [2.05, 4.69) is 10.5 Å². The van der Waals surface area contributed by atoms with Crippen LogP contribution in [0.1, 0.15) is 22.5 Å². The topological polar surface area (TPSA) is 97.7 Å². The van der Waals surface area contributed by atoms with Crippen molar-refractivity contribution in [3.63, 3.8) is 0 Å². The molecule has 2 N–H and O–H groups in total. The van der Waals surface area contributed by atoms with Gasteiger partial charge in [-0.2, -0.15) is 0 Å². The molecule has 0 radical (unpaired) electrons. The van der Waals surface area contributed by atoms with E-state index in [-0.39, 0.29) is 12.2 Å². The predicted octanol–water partition coefficient (Wildman–Crippen LogP) is 2.33. The molecule has 25 heavy (non-hydrogen) atoms. The number of hydrogen-bond acceptors (Lipinski definition) is 6. The molecule has 1 aliphatic rings. The molecule has 0 saturated carbocycles. The van der Waals surface area contributed by atoms with E-state index < -0.39 is 11.5 Å². The van der Waals surface area contributed by atoms with E-state index in [1.54, 1.807) is 24.3 Å². The Labute approximate surface area is 143 Å². The number of carbonyl (C=O) groups is 1. The molecule has 0 bridgehead atoms. The number of hydrogen-bond donors (Lipinski definition) is 2. The minimum Gasteiger partial charge on any atom is -0.493 e. The summed E-state index contributed by atoms with van der Waals surface area (Å²) in [7, 11) is 0. The Morgan fingerprint density at radius 3 is 2.96 bits per heavy atom. The molecule has 4 rings (SSSR count). The molecule has 1 unspecified atom stereocenters. The summed E-state index contributed by atoms with van der Waals surface area (Å²) in [5.74, 6) is 1.06. The molecular formula is C18H16N2O5. The van der Waals surface area contributed by atoms with Crippen LogP contribution >= 0.6 is 0 Å². The number of fused-ring (bicyclic) bond motifs is 1. The van der Waals surface area contributed by atoms with Gasteiger partial charge in [0.25, 0.3) is 5.91 Å². The van der Waals surface area contributed by atoms with Gasteiger partial charge in [-0.15, -0.1) is 0 Å². The molecule has 0 aliphatic carbocycles. The summed E-state index contributed by atoms with van der Waals surface area (Å²) in [4.78, 5) is 12.3. The van der Waals surface area contributed by atoms with E-state index in [0.717, 1.165) is 0 Å². The number of carbonyl (C=O) groups excluding carboxylic acids is 1. The number of aliphatic hydroxyl groups is 1. The molecule has 1 amide bonds. The number of nitrogens with zero attached hydrogens (tertiary/aromatic N) is 1. The number of rotatable bonds is 4. The highest BCUT2D eigenvalue weighted by molar-refractivity contribution is 5.93. The maximum Gasteiger partial charge on any atom is 0.273 e. The Balaban J connectivity index is 1.48. The lowest BCUT2D eigenvalue weighted by Gasteiger charge is -2.34. The Bertz CT molecular complexity index is 887. The minimum absolute atomic E-state index is 0.0507. The first-order valence-electron chi connectivity index (χ1n) is 7.89. The van der Waals surface area contributed by atoms with Crippen molar-refractivity contribution in [2.24, 2.45) is 0 Å². The first-order valence-corrected chi connectivity index (χ1v) is 7.89. The van der Waals surface area contributed by atoms with Gasteiger partial charge in [-0.05, 0) is 18.2 Å². The van der Waals surface area contributed by atoms with Crippen molar-refractivity contribution in [3.05, 3.63) is 60.0 Å². The standard InChI is InChI=1S/C18H16N2O5/c21-17(13-10-16(25-20-13)15-6-3-8-23-15)19-11-18(22)7-9-24-14-5-2-1-4-12(14)18/h1-6,8,10,22H,7,9,11H2,(H,19,21). The van der Waals surface area contributed by atoms with Gasteiger partial charge in [0.2, 0.25) is 5.76 Å². The average molecular weight is 340 g/mol. The SMILES string of the molecule is O=C(NCC1(O)CCOc2ccccc21)c1cc(-c2ccco2)on1. The van der Waals surface area contributed by atoms with Crippen molar-refractivity contribution in [2.45, 2.75) is 12.0 Å². The largest absolute Gasteiger partial charge is 0.493 e. The predicted molar refractivity (Wildman–Crippen MR) is 87.0 cm³/mol. The van der Waals surface area contributed by atoms with Crippen molar-refractivity contribution in [3.8, 4) is 17.3 Å². The number of ether oxygens (including phenoxy) is 1. The van der Waals surface area contributed by atoms with Crippen molar-refractivity contribution in [1.82, 2.24) is 10.5 Å². The van der Waals surface area contributed by atoms with Gasteiger partial charge >= 0.3 is 0 Å². The molecule has 0 saturated heterocycles. The van der Waals surface area contributed by atoms with Gasteiger partial charge < -0.3 is 24.1 Å². The lowest BCUT2D eigenvalue weighted by molar-refractivity contribution is -0.00167. The molecule has 0 fully saturated rings. The summed E-state index contributed by atoms with van der Waals surface area (Å²) in [6, 6.07) is 12.2. The summed E-state index contributed by atoms with van der Waals surface area (Å²) in [5, 5.41) is 17.4. The first kappa shape index (κ1) is 15.5. The van der Waals surface area contributed by atoms with Gasteiger partial charge in [0.15, 0.2) is 11.5 Å². The van der Waals surface area contributed by atoms with E-state index in [0.29, 0.717) is 35.9 Å². The molecule has 3 aromatic rings. The zero-order valence-electron chi connectivity index (χ0n) is 13.3. The molecule has 1 aromatic carbocycles. The second-order valence-corrected chi connectivity index (χ2v) is 5.86. The molecule has 7 heteroatoms. The lowest BCUT2D eigenvalue weighted by atomic mass is 9.88. The van der Waals surface area contributed by atoms with Crippen LogP contribution in [0.3, 0.4) is 0 Å². The van der Waals surface area contributed by atoms with Crippen LogP contribution in [0.5, 0.6) is 5.75 Å². The van der Waals surface area contributed by atoms with Crippen LogP contribution in [0.25, 0.3) is 11.5 Å². The normalized spacial score (nSPS) is 19.1. The molecule has 2 aromatic heterocycles. The summed E-state index contributed by atoms with van der Waals surface area (Å²) in [6.45, 7) is 0.436. The Morgan fingerprint density at radius 2 is 2.12 bits per heavy atom. The first-order chi connectivity index (χ1) is 12.2. The second kappa shape index (κ2) is 6.10. The van der Waals surface area contributed by atoms with Gasteiger partial charge in [-0.25, -0.2) is 0 Å². The molecule has 0 spiro atoms. The Morgan fingerprint density at radius 1 is 1.24 bits per heavy atom. The van der Waals surface area contributed by atoms with Crippen LogP contribution in [0.4, 0.5) is 0 Å². The highest BCUT2D eigenvalue weighted by Gasteiger charge is 2.36. The van der Waals surface area contributed by atoms with Crippen molar-refractivity contribution < 1.29 is 23.6 Å². The van der Waals surface area contributed by atoms with Crippen molar-refractivity contribution in [1.29, 1.82) is 0 Å². The quantitative estimate of drug-likeness (QED) is 0.756. The number of aromatic nitrogens is 1. The van der Waals surface area contributed by atoms with Crippen LogP contribution in [0.15, 0.2) is 57.7 Å². The smallest absolute Gasteiger partial charge is 0.273 e. The number of nitrogens with one attached hydrogen (secondary N) is 1. The third-order valence-corrected chi connectivity index (χ3v) is 4.21. The van der Waals surface area contributed by atoms with E-state index in [9.17, 15) is 9.90 Å². The van der Waals surface area contributed by atoms with Gasteiger partial charge in [-0.1, -0.05) is 23.4 Å². The summed E-state index contributed by atoms with van der Waals surface area (Å²) < 4.78 is 15.9. The summed E-state index contributed by atoms with van der Waals surface area (Å²) in [6.07, 6.45) is 1.90. The number of amides is 1. The highest BCUT2D eigenvalue weighted by Crippen LogP contribution is 2.36. The minimum atomic E-state index is -1.18. The van der Waals surface area contributed by atoms with Crippen LogP contribution in [-0.2, 0) is 5.60 Å². The fourth-order valence-corrected chi connectivity index (χ4v) is 2.86. The molecule has 1 atom stereocenters. The van der Waals surface area contributed by atoms with Gasteiger partial charge in [0.05, 0.1) is 19.4 Å². The second-order valence-electron chi connectivity index (χ2n) is 5.86. The van der Waals surface area contributed by atoms with E-state index in [1.807, 2.05) is 12.1 Å². The Kier molecular flexibility index (Phi) is 3.77. The molecule has 3 heterocycles. The maximum absolute atomic E-state index is 12.3. The highest BCUT2D eigenvalue weighted by atomic mass is 16.5. The zero-order valence-corrected chi connectivity index (χ0v) is 13.3. The maximum atomic E-state index is 12.3. The summed E-state index contributed by atoms with van der Waals surface area (Å²) in [5.41, 5.74) is -0.397. The Hall–Kier alpha value is -3.06. The van der Waals surface area contributed by atoms with E-state index >= 15 is 0 Å². The fourth-order valence-electron chi connectivity index (χ4n) is 2.86. The van der Waals surface area contributed by atoms with Crippen LogP contribution in [-0.4, -0.2) is 29.3 Å². The van der Waals surface area contributed by atoms with Crippen LogP contribution in [0.2, 0.25) is 0 Å². The molecule has 1 aliphatic heterocycles. The third kappa shape index (κ3) is 2.89. The molecule has 7 nitrogen and oxygen atoms in total. The van der Waals surface area contributed by atoms with Crippen molar-refractivity contribution in [2.75, 3.05) is 13.2 Å². The number of benzene rings is 1. The van der Waals surface area contributed by atoms with Crippen molar-refractivity contribution >= 4 is 5.91 Å². The summed E-state index contributed by atoms with van der Waals surface area (Å²) >= 11 is 0. The third-order valence-electron chi connectivity index (χ3n) is 4.21.